The fraction of sp³-hybridized carbons (Fsp3) is 0.850. The first-order valence-corrected chi connectivity index (χ1v) is 10.2. The lowest BCUT2D eigenvalue weighted by Crippen LogP contribution is -2.53. The van der Waals surface area contributed by atoms with E-state index >= 15 is 0 Å². The number of aliphatic carboxylic acids is 2. The molecule has 0 aromatic rings. The second-order valence-corrected chi connectivity index (χ2v) is 8.39. The molecule has 1 unspecified atom stereocenters. The van der Waals surface area contributed by atoms with E-state index < -0.39 is 11.9 Å². The molecular formula is C20H41N3O4+2. The standard InChI is InChI=1S/C15H28N2O2.C5H11NO2/c1-3-5-6-7-8-9-10-14-16-11-12-17(14,4-2)13-15(18)19;1-6(2,3)4-5(7)8/h3-13H2,1-2H3;4H2,1-3H3/p+2. The minimum atomic E-state index is -0.752. The van der Waals surface area contributed by atoms with E-state index in [4.69, 9.17) is 10.2 Å². The van der Waals surface area contributed by atoms with Crippen LogP contribution in [0.2, 0.25) is 0 Å². The van der Waals surface area contributed by atoms with Gasteiger partial charge in [-0.1, -0.05) is 39.0 Å². The summed E-state index contributed by atoms with van der Waals surface area (Å²) in [6, 6.07) is 0. The Hall–Kier alpha value is -1.47. The minimum absolute atomic E-state index is 0.181. The zero-order chi connectivity index (χ0) is 20.9. The van der Waals surface area contributed by atoms with Crippen LogP contribution in [-0.4, -0.2) is 90.8 Å². The van der Waals surface area contributed by atoms with E-state index in [0.717, 1.165) is 38.3 Å². The van der Waals surface area contributed by atoms with E-state index in [-0.39, 0.29) is 13.1 Å². The third kappa shape index (κ3) is 11.8. The van der Waals surface area contributed by atoms with Crippen LogP contribution in [0.3, 0.4) is 0 Å². The first-order valence-electron chi connectivity index (χ1n) is 10.2. The third-order valence-electron chi connectivity index (χ3n) is 4.78. The summed E-state index contributed by atoms with van der Waals surface area (Å²) in [6.07, 6.45) is 8.61. The molecule has 1 aliphatic rings. The molecule has 0 fully saturated rings. The monoisotopic (exact) mass is 387 g/mol. The van der Waals surface area contributed by atoms with Gasteiger partial charge < -0.3 is 14.7 Å². The number of amidine groups is 1. The summed E-state index contributed by atoms with van der Waals surface area (Å²) < 4.78 is 1.07. The quantitative estimate of drug-likeness (QED) is 0.398. The van der Waals surface area contributed by atoms with Crippen molar-refractivity contribution in [2.24, 2.45) is 4.99 Å². The predicted octanol–water partition coefficient (Wildman–Crippen LogP) is 2.85. The van der Waals surface area contributed by atoms with E-state index in [1.54, 1.807) is 0 Å². The van der Waals surface area contributed by atoms with Gasteiger partial charge in [-0.05, 0) is 13.3 Å². The van der Waals surface area contributed by atoms with Crippen LogP contribution in [0.25, 0.3) is 0 Å². The summed E-state index contributed by atoms with van der Waals surface area (Å²) in [4.78, 5) is 25.6. The SMILES string of the molecule is CCCCCCCCC1=NCC[N+]1(CC)CC(=O)O.C[N+](C)(C)CC(=O)O. The molecule has 1 rings (SSSR count). The van der Waals surface area contributed by atoms with Crippen LogP contribution in [0.5, 0.6) is 0 Å². The number of carbonyl (C=O) groups is 2. The molecule has 7 heteroatoms. The Morgan fingerprint density at radius 1 is 1.00 bits per heavy atom. The number of nitrogens with zero attached hydrogens (tertiary/aromatic N) is 3. The molecule has 158 valence electrons. The molecule has 0 bridgehead atoms. The van der Waals surface area contributed by atoms with E-state index in [1.807, 2.05) is 21.1 Å². The number of likely N-dealkylation sites (N-methyl/N-ethyl adjacent to an activating group) is 2. The zero-order valence-electron chi connectivity index (χ0n) is 18.0. The molecule has 1 atom stereocenters. The molecule has 0 saturated carbocycles. The van der Waals surface area contributed by atoms with Crippen LogP contribution >= 0.6 is 0 Å². The highest BCUT2D eigenvalue weighted by molar-refractivity contribution is 5.80. The smallest absolute Gasteiger partial charge is 0.359 e. The van der Waals surface area contributed by atoms with E-state index in [2.05, 4.69) is 18.8 Å². The van der Waals surface area contributed by atoms with Crippen LogP contribution in [-0.2, 0) is 9.59 Å². The van der Waals surface area contributed by atoms with Crippen molar-refractivity contribution in [1.29, 1.82) is 0 Å². The normalized spacial score (nSPS) is 19.2. The van der Waals surface area contributed by atoms with Gasteiger partial charge in [0.05, 0.1) is 34.2 Å². The van der Waals surface area contributed by atoms with Gasteiger partial charge >= 0.3 is 11.9 Å². The lowest BCUT2D eigenvalue weighted by molar-refractivity contribution is -0.862. The van der Waals surface area contributed by atoms with Gasteiger partial charge in [-0.3, -0.25) is 4.48 Å². The van der Waals surface area contributed by atoms with Gasteiger partial charge in [-0.25, -0.2) is 14.6 Å². The predicted molar refractivity (Wildman–Crippen MR) is 109 cm³/mol. The van der Waals surface area contributed by atoms with Crippen molar-refractivity contribution in [2.75, 3.05) is 53.9 Å². The van der Waals surface area contributed by atoms with Crippen molar-refractivity contribution in [3.63, 3.8) is 0 Å². The summed E-state index contributed by atoms with van der Waals surface area (Å²) in [7, 11) is 5.52. The number of hydrogen-bond acceptors (Lipinski definition) is 3. The van der Waals surface area contributed by atoms with Gasteiger partial charge in [0, 0.05) is 6.42 Å². The molecule has 0 radical (unpaired) electrons. The van der Waals surface area contributed by atoms with Crippen LogP contribution in [0.1, 0.15) is 58.8 Å². The zero-order valence-corrected chi connectivity index (χ0v) is 18.0. The molecule has 0 saturated heterocycles. The van der Waals surface area contributed by atoms with Crippen molar-refractivity contribution < 1.29 is 28.8 Å². The Kier molecular flexibility index (Phi) is 12.1. The lowest BCUT2D eigenvalue weighted by Gasteiger charge is -2.31. The van der Waals surface area contributed by atoms with E-state index in [9.17, 15) is 9.59 Å². The highest BCUT2D eigenvalue weighted by atomic mass is 16.4. The van der Waals surface area contributed by atoms with Gasteiger partial charge in [0.2, 0.25) is 0 Å². The van der Waals surface area contributed by atoms with Crippen LogP contribution in [0.4, 0.5) is 0 Å². The fourth-order valence-corrected chi connectivity index (χ4v) is 3.32. The maximum Gasteiger partial charge on any atom is 0.359 e. The molecule has 27 heavy (non-hydrogen) atoms. The Bertz CT molecular complexity index is 486. The summed E-state index contributed by atoms with van der Waals surface area (Å²) in [6.45, 7) is 7.20. The van der Waals surface area contributed by atoms with Gasteiger partial charge in [-0.15, -0.1) is 0 Å². The molecule has 0 aromatic carbocycles. The Balaban J connectivity index is 0.000000713. The van der Waals surface area contributed by atoms with E-state index in [0.29, 0.717) is 8.97 Å². The second-order valence-electron chi connectivity index (χ2n) is 8.39. The molecule has 0 aliphatic carbocycles. The first-order chi connectivity index (χ1) is 12.6. The molecule has 7 nitrogen and oxygen atoms in total. The topological polar surface area (TPSA) is 87.0 Å². The lowest BCUT2D eigenvalue weighted by atomic mass is 10.1. The highest BCUT2D eigenvalue weighted by Gasteiger charge is 2.38. The maximum atomic E-state index is 11.0. The summed E-state index contributed by atoms with van der Waals surface area (Å²) >= 11 is 0. The van der Waals surface area contributed by atoms with E-state index in [1.165, 1.54) is 32.1 Å². The van der Waals surface area contributed by atoms with Gasteiger partial charge in [-0.2, -0.15) is 0 Å². The number of unbranched alkanes of at least 4 members (excludes halogenated alkanes) is 5. The molecule has 0 amide bonds. The number of carboxylic acid groups (broad SMARTS) is 2. The van der Waals surface area contributed by atoms with Crippen molar-refractivity contribution in [2.45, 2.75) is 58.8 Å². The van der Waals surface area contributed by atoms with Crippen molar-refractivity contribution >= 4 is 17.8 Å². The summed E-state index contributed by atoms with van der Waals surface area (Å²) in [5.41, 5.74) is 0. The minimum Gasteiger partial charge on any atom is -0.477 e. The molecule has 0 aromatic heterocycles. The summed E-state index contributed by atoms with van der Waals surface area (Å²) in [5, 5.41) is 17.3. The third-order valence-corrected chi connectivity index (χ3v) is 4.78. The fourth-order valence-electron chi connectivity index (χ4n) is 3.32. The molecular weight excluding hydrogens is 346 g/mol. The second kappa shape index (κ2) is 12.8. The Labute approximate surface area is 164 Å². The first kappa shape index (κ1) is 25.5. The molecule has 1 aliphatic heterocycles. The highest BCUT2D eigenvalue weighted by Crippen LogP contribution is 2.20. The molecule has 1 heterocycles. The number of quaternary nitrogens is 2. The van der Waals surface area contributed by atoms with Crippen LogP contribution in [0, 0.1) is 0 Å². The number of rotatable bonds is 12. The number of carboxylic acids is 2. The Morgan fingerprint density at radius 3 is 2.04 bits per heavy atom. The Morgan fingerprint density at radius 2 is 1.59 bits per heavy atom. The molecule has 0 spiro atoms. The average Bonchev–Trinajstić information content (AvgIpc) is 2.91. The summed E-state index contributed by atoms with van der Waals surface area (Å²) in [5.74, 6) is -0.336. The molecule has 2 N–H and O–H groups in total. The van der Waals surface area contributed by atoms with Crippen LogP contribution in [0.15, 0.2) is 4.99 Å². The largest absolute Gasteiger partial charge is 0.477 e. The van der Waals surface area contributed by atoms with Crippen LogP contribution < -0.4 is 0 Å². The van der Waals surface area contributed by atoms with Crippen molar-refractivity contribution in [3.8, 4) is 0 Å². The average molecular weight is 388 g/mol. The number of hydrogen-bond donors (Lipinski definition) is 2. The van der Waals surface area contributed by atoms with Crippen molar-refractivity contribution in [3.05, 3.63) is 0 Å². The van der Waals surface area contributed by atoms with Gasteiger partial charge in [0.1, 0.15) is 6.54 Å². The van der Waals surface area contributed by atoms with Gasteiger partial charge in [0.15, 0.2) is 18.9 Å². The number of aliphatic imine (C=N–C) groups is 1. The van der Waals surface area contributed by atoms with Crippen molar-refractivity contribution in [1.82, 2.24) is 0 Å². The van der Waals surface area contributed by atoms with Gasteiger partial charge in [0.25, 0.3) is 0 Å². The maximum absolute atomic E-state index is 11.0.